The number of fused-ring (bicyclic) bond motifs is 3. The Labute approximate surface area is 196 Å². The maximum atomic E-state index is 13.8. The average Bonchev–Trinajstić information content (AvgIpc) is 2.83. The molecule has 2 aliphatic rings. The number of hydrogen-bond acceptors (Lipinski definition) is 6. The number of hydrogen-bond donors (Lipinski definition) is 0. The van der Waals surface area contributed by atoms with Crippen molar-refractivity contribution in [1.82, 2.24) is 0 Å². The van der Waals surface area contributed by atoms with Crippen LogP contribution >= 0.6 is 0 Å². The van der Waals surface area contributed by atoms with Crippen molar-refractivity contribution in [3.8, 4) is 0 Å². The van der Waals surface area contributed by atoms with Crippen molar-refractivity contribution in [2.45, 2.75) is 52.9 Å². The Hall–Kier alpha value is -3.80. The average molecular weight is 459 g/mol. The molecule has 34 heavy (non-hydrogen) atoms. The van der Waals surface area contributed by atoms with Crippen LogP contribution in [0, 0.1) is 0 Å². The van der Waals surface area contributed by atoms with Gasteiger partial charge in [0, 0.05) is 34.4 Å². The molecule has 2 aromatic carbocycles. The summed E-state index contributed by atoms with van der Waals surface area (Å²) in [7, 11) is 0. The lowest BCUT2D eigenvalue weighted by atomic mass is 9.83. The molecular formula is C28H26O6. The molecule has 0 fully saturated rings. The van der Waals surface area contributed by atoms with Gasteiger partial charge in [-0.25, -0.2) is 0 Å². The maximum Gasteiger partial charge on any atom is 0.311 e. The molecule has 0 radical (unpaired) electrons. The van der Waals surface area contributed by atoms with Gasteiger partial charge < -0.3 is 9.47 Å². The number of Topliss-reactive ketones (excluding diaryl/α,β-unsaturated/α-hetero) is 2. The minimum Gasteiger partial charge on any atom is -0.422 e. The summed E-state index contributed by atoms with van der Waals surface area (Å²) >= 11 is 0. The predicted octanol–water partition coefficient (Wildman–Crippen LogP) is 1.32. The third kappa shape index (κ3) is 4.00. The van der Waals surface area contributed by atoms with Crippen molar-refractivity contribution in [2.75, 3.05) is 0 Å². The summed E-state index contributed by atoms with van der Waals surface area (Å²) in [4.78, 5) is 52.2. The lowest BCUT2D eigenvalue weighted by molar-refractivity contribution is -0.139. The van der Waals surface area contributed by atoms with Crippen molar-refractivity contribution in [3.05, 3.63) is 68.9 Å². The van der Waals surface area contributed by atoms with Crippen LogP contribution in [0.2, 0.25) is 0 Å². The summed E-state index contributed by atoms with van der Waals surface area (Å²) in [5.74, 6) is -2.22. The van der Waals surface area contributed by atoms with Gasteiger partial charge in [0.25, 0.3) is 0 Å². The summed E-state index contributed by atoms with van der Waals surface area (Å²) in [6, 6.07) is 12.2. The van der Waals surface area contributed by atoms with E-state index in [0.29, 0.717) is 40.1 Å². The predicted molar refractivity (Wildman–Crippen MR) is 126 cm³/mol. The van der Waals surface area contributed by atoms with Crippen LogP contribution in [-0.2, 0) is 35.1 Å². The van der Waals surface area contributed by atoms with E-state index in [0.717, 1.165) is 5.56 Å². The number of carbonyl (C=O) groups is 4. The number of rotatable bonds is 7. The zero-order chi connectivity index (χ0) is 24.4. The topological polar surface area (TPSA) is 86.7 Å². The third-order valence-corrected chi connectivity index (χ3v) is 5.90. The van der Waals surface area contributed by atoms with Crippen molar-refractivity contribution < 1.29 is 28.7 Å². The Morgan fingerprint density at radius 3 is 1.71 bits per heavy atom. The highest BCUT2D eigenvalue weighted by Gasteiger charge is 2.37. The molecule has 0 aliphatic heterocycles. The molecule has 4 rings (SSSR count). The zero-order valence-corrected chi connectivity index (χ0v) is 19.5. The fraction of sp³-hybridized carbons (Fsp3) is 0.286. The molecule has 0 N–H and O–H groups in total. The van der Waals surface area contributed by atoms with Crippen LogP contribution in [0.3, 0.4) is 0 Å². The molecule has 0 amide bonds. The largest absolute Gasteiger partial charge is 0.422 e. The van der Waals surface area contributed by atoms with Crippen LogP contribution in [0.4, 0.5) is 0 Å². The van der Waals surface area contributed by atoms with Gasteiger partial charge >= 0.3 is 11.9 Å². The first-order valence-corrected chi connectivity index (χ1v) is 11.6. The van der Waals surface area contributed by atoms with Gasteiger partial charge in [-0.1, -0.05) is 57.2 Å². The number of esters is 2. The smallest absolute Gasteiger partial charge is 0.311 e. The highest BCUT2D eigenvalue weighted by atomic mass is 16.5. The number of aryl methyl sites for hydroxylation is 1. The Morgan fingerprint density at radius 2 is 1.18 bits per heavy atom. The molecule has 0 bridgehead atoms. The number of ether oxygens (including phenoxy) is 2. The SMILES string of the molecule is CCCC(=O)OC1=c2ccccc2=C2C(=O)C(OC(=O)CCC)=c3cc(CC)ccc3=C2C1=O. The Kier molecular flexibility index (Phi) is 6.59. The van der Waals surface area contributed by atoms with Gasteiger partial charge in [0.15, 0.2) is 11.5 Å². The van der Waals surface area contributed by atoms with Gasteiger partial charge in [-0.2, -0.15) is 0 Å². The van der Waals surface area contributed by atoms with E-state index in [4.69, 9.17) is 9.47 Å². The molecule has 2 aliphatic carbocycles. The summed E-state index contributed by atoms with van der Waals surface area (Å²) in [5.41, 5.74) is 1.25. The lowest BCUT2D eigenvalue weighted by Crippen LogP contribution is -2.48. The Balaban J connectivity index is 2.10. The van der Waals surface area contributed by atoms with Crippen LogP contribution in [0.25, 0.3) is 22.7 Å². The normalized spacial score (nSPS) is 14.4. The van der Waals surface area contributed by atoms with Crippen LogP contribution in [-0.4, -0.2) is 23.5 Å². The quantitative estimate of drug-likeness (QED) is 0.582. The second kappa shape index (κ2) is 9.59. The third-order valence-electron chi connectivity index (χ3n) is 5.90. The van der Waals surface area contributed by atoms with E-state index in [9.17, 15) is 19.2 Å². The fourth-order valence-electron chi connectivity index (χ4n) is 4.27. The molecule has 6 heteroatoms. The van der Waals surface area contributed by atoms with E-state index in [1.807, 2.05) is 26.8 Å². The van der Waals surface area contributed by atoms with Crippen LogP contribution < -0.4 is 20.9 Å². The summed E-state index contributed by atoms with van der Waals surface area (Å²) in [6.45, 7) is 5.67. The van der Waals surface area contributed by atoms with Crippen molar-refractivity contribution in [1.29, 1.82) is 0 Å². The summed E-state index contributed by atoms with van der Waals surface area (Å²) < 4.78 is 11.1. The molecule has 0 saturated heterocycles. The van der Waals surface area contributed by atoms with E-state index >= 15 is 0 Å². The standard InChI is InChI=1S/C28H26O6/c1-4-9-21(29)33-27-19-12-8-7-11-17(19)23-24(25(27)31)18-14-13-16(6-3)15-20(18)28(26(23)32)34-22(30)10-5-2/h7-8,11-15H,4-6,9-10H2,1-3H3. The minimum atomic E-state index is -0.532. The van der Waals surface area contributed by atoms with Crippen LogP contribution in [0.1, 0.15) is 52.0 Å². The van der Waals surface area contributed by atoms with E-state index in [1.165, 1.54) is 0 Å². The number of carbonyl (C=O) groups excluding carboxylic acids is 4. The first kappa shape index (κ1) is 23.4. The highest BCUT2D eigenvalue weighted by molar-refractivity contribution is 6.58. The first-order valence-electron chi connectivity index (χ1n) is 11.6. The molecule has 2 aromatic rings. The summed E-state index contributed by atoms with van der Waals surface area (Å²) in [5, 5.41) is 1.72. The van der Waals surface area contributed by atoms with E-state index < -0.39 is 23.5 Å². The van der Waals surface area contributed by atoms with Gasteiger partial charge in [-0.3, -0.25) is 19.2 Å². The minimum absolute atomic E-state index is 0.0727. The number of ketones is 2. The van der Waals surface area contributed by atoms with Gasteiger partial charge in [-0.15, -0.1) is 0 Å². The molecular weight excluding hydrogens is 432 g/mol. The second-order valence-electron chi connectivity index (χ2n) is 8.29. The molecule has 0 saturated carbocycles. The van der Waals surface area contributed by atoms with Gasteiger partial charge in [0.1, 0.15) is 0 Å². The van der Waals surface area contributed by atoms with E-state index in [1.54, 1.807) is 36.4 Å². The van der Waals surface area contributed by atoms with Crippen molar-refractivity contribution in [2.24, 2.45) is 0 Å². The fourth-order valence-corrected chi connectivity index (χ4v) is 4.27. The van der Waals surface area contributed by atoms with Crippen molar-refractivity contribution in [3.63, 3.8) is 0 Å². The van der Waals surface area contributed by atoms with Gasteiger partial charge in [0.05, 0.1) is 0 Å². The van der Waals surface area contributed by atoms with Gasteiger partial charge in [-0.05, 0) is 41.3 Å². The molecule has 0 unspecified atom stereocenters. The molecule has 174 valence electrons. The molecule has 0 spiro atoms. The molecule has 0 atom stereocenters. The van der Waals surface area contributed by atoms with E-state index in [-0.39, 0.29) is 35.5 Å². The molecule has 0 aromatic heterocycles. The van der Waals surface area contributed by atoms with Gasteiger partial charge in [0.2, 0.25) is 11.6 Å². The van der Waals surface area contributed by atoms with Crippen LogP contribution in [0.5, 0.6) is 0 Å². The monoisotopic (exact) mass is 458 g/mol. The first-order chi connectivity index (χ1) is 16.4. The lowest BCUT2D eigenvalue weighted by Gasteiger charge is -2.22. The Morgan fingerprint density at radius 1 is 0.676 bits per heavy atom. The maximum absolute atomic E-state index is 13.8. The second-order valence-corrected chi connectivity index (χ2v) is 8.29. The van der Waals surface area contributed by atoms with Crippen LogP contribution in [0.15, 0.2) is 42.5 Å². The highest BCUT2D eigenvalue weighted by Crippen LogP contribution is 2.26. The zero-order valence-electron chi connectivity index (χ0n) is 19.5. The molecule has 0 heterocycles. The summed E-state index contributed by atoms with van der Waals surface area (Å²) in [6.07, 6.45) is 2.21. The van der Waals surface area contributed by atoms with E-state index in [2.05, 4.69) is 0 Å². The Bertz CT molecular complexity index is 1480. The number of benzene rings is 2. The molecule has 6 nitrogen and oxygen atoms in total. The van der Waals surface area contributed by atoms with Crippen molar-refractivity contribution >= 4 is 46.2 Å².